The van der Waals surface area contributed by atoms with Gasteiger partial charge in [-0.05, 0) is 68.3 Å². The van der Waals surface area contributed by atoms with Gasteiger partial charge in [0.25, 0.3) is 5.91 Å². The maximum absolute atomic E-state index is 12.5. The van der Waals surface area contributed by atoms with Crippen LogP contribution in [0.15, 0.2) is 18.2 Å². The monoisotopic (exact) mass is 345 g/mol. The van der Waals surface area contributed by atoms with Gasteiger partial charge in [-0.15, -0.1) is 0 Å². The summed E-state index contributed by atoms with van der Waals surface area (Å²) in [7, 11) is 0. The van der Waals surface area contributed by atoms with Crippen LogP contribution in [0.4, 0.5) is 0 Å². The third-order valence-electron chi connectivity index (χ3n) is 5.06. The summed E-state index contributed by atoms with van der Waals surface area (Å²) in [5.41, 5.74) is 13.0. The van der Waals surface area contributed by atoms with Crippen molar-refractivity contribution in [2.24, 2.45) is 17.4 Å². The van der Waals surface area contributed by atoms with Crippen molar-refractivity contribution >= 4 is 11.8 Å². The first-order valence-corrected chi connectivity index (χ1v) is 9.53. The van der Waals surface area contributed by atoms with Crippen molar-refractivity contribution in [3.05, 3.63) is 34.9 Å². The van der Waals surface area contributed by atoms with Gasteiger partial charge in [0, 0.05) is 17.7 Å². The standard InChI is InChI=1S/C20H31N3O2/c21-12-6-2-5-9-16-13-17(10-11-18(16)19(22)24)20(25)23-14-15-7-3-1-4-8-15/h10-11,13,15H,1-9,12,14,21H2,(H2,22,24)(H,23,25). The summed E-state index contributed by atoms with van der Waals surface area (Å²) < 4.78 is 0. The van der Waals surface area contributed by atoms with E-state index in [1.54, 1.807) is 12.1 Å². The van der Waals surface area contributed by atoms with Crippen molar-refractivity contribution in [3.63, 3.8) is 0 Å². The molecule has 1 aromatic rings. The Kier molecular flexibility index (Phi) is 7.92. The Bertz CT molecular complexity index is 580. The number of nitrogens with one attached hydrogen (secondary N) is 1. The third kappa shape index (κ3) is 6.16. The van der Waals surface area contributed by atoms with Crippen LogP contribution in [0.2, 0.25) is 0 Å². The van der Waals surface area contributed by atoms with Crippen molar-refractivity contribution in [3.8, 4) is 0 Å². The van der Waals surface area contributed by atoms with E-state index in [9.17, 15) is 9.59 Å². The molecule has 0 unspecified atom stereocenters. The van der Waals surface area contributed by atoms with Crippen molar-refractivity contribution in [2.75, 3.05) is 13.1 Å². The summed E-state index contributed by atoms with van der Waals surface area (Å²) in [6.07, 6.45) is 9.89. The Hall–Kier alpha value is -1.88. The summed E-state index contributed by atoms with van der Waals surface area (Å²) in [6, 6.07) is 5.19. The molecule has 2 amide bonds. The molecule has 0 saturated heterocycles. The Labute approximate surface area is 150 Å². The van der Waals surface area contributed by atoms with Gasteiger partial charge >= 0.3 is 0 Å². The number of carbonyl (C=O) groups is 2. The molecule has 0 bridgehead atoms. The van der Waals surface area contributed by atoms with E-state index in [4.69, 9.17) is 11.5 Å². The Morgan fingerprint density at radius 3 is 2.52 bits per heavy atom. The molecule has 25 heavy (non-hydrogen) atoms. The van der Waals surface area contributed by atoms with Gasteiger partial charge < -0.3 is 16.8 Å². The number of primary amides is 1. The zero-order valence-electron chi connectivity index (χ0n) is 15.1. The Morgan fingerprint density at radius 2 is 1.84 bits per heavy atom. The van der Waals surface area contributed by atoms with E-state index in [1.165, 1.54) is 32.1 Å². The summed E-state index contributed by atoms with van der Waals surface area (Å²) >= 11 is 0. The van der Waals surface area contributed by atoms with E-state index in [0.717, 1.165) is 37.8 Å². The molecular weight excluding hydrogens is 314 g/mol. The molecule has 1 aliphatic carbocycles. The first-order valence-electron chi connectivity index (χ1n) is 9.53. The number of amides is 2. The van der Waals surface area contributed by atoms with Gasteiger partial charge in [0.2, 0.25) is 5.91 Å². The molecule has 5 nitrogen and oxygen atoms in total. The highest BCUT2D eigenvalue weighted by Gasteiger charge is 2.16. The number of rotatable bonds is 9. The molecular formula is C20H31N3O2. The smallest absolute Gasteiger partial charge is 0.251 e. The Balaban J connectivity index is 1.98. The number of nitrogens with two attached hydrogens (primary N) is 2. The number of benzene rings is 1. The highest BCUT2D eigenvalue weighted by Crippen LogP contribution is 2.23. The average molecular weight is 345 g/mol. The molecule has 0 atom stereocenters. The molecule has 5 heteroatoms. The molecule has 0 heterocycles. The molecule has 0 radical (unpaired) electrons. The van der Waals surface area contributed by atoms with E-state index in [-0.39, 0.29) is 5.91 Å². The molecule has 1 fully saturated rings. The second kappa shape index (κ2) is 10.2. The van der Waals surface area contributed by atoms with Gasteiger partial charge in [0.05, 0.1) is 0 Å². The van der Waals surface area contributed by atoms with E-state index >= 15 is 0 Å². The van der Waals surface area contributed by atoms with E-state index < -0.39 is 5.91 Å². The highest BCUT2D eigenvalue weighted by molar-refractivity contribution is 5.98. The molecule has 138 valence electrons. The fourth-order valence-electron chi connectivity index (χ4n) is 3.55. The van der Waals surface area contributed by atoms with Crippen molar-refractivity contribution in [1.29, 1.82) is 0 Å². The number of unbranched alkanes of at least 4 members (excludes halogenated alkanes) is 2. The molecule has 1 aliphatic rings. The molecule has 1 saturated carbocycles. The van der Waals surface area contributed by atoms with Crippen LogP contribution in [0, 0.1) is 5.92 Å². The van der Waals surface area contributed by atoms with E-state index in [2.05, 4.69) is 5.32 Å². The average Bonchev–Trinajstić information content (AvgIpc) is 2.64. The molecule has 0 aliphatic heterocycles. The van der Waals surface area contributed by atoms with Gasteiger partial charge in [-0.1, -0.05) is 25.7 Å². The highest BCUT2D eigenvalue weighted by atomic mass is 16.2. The quantitative estimate of drug-likeness (QED) is 0.600. The van der Waals surface area contributed by atoms with Gasteiger partial charge in [-0.3, -0.25) is 9.59 Å². The normalized spacial score (nSPS) is 15.1. The van der Waals surface area contributed by atoms with Crippen LogP contribution in [0.5, 0.6) is 0 Å². The summed E-state index contributed by atoms with van der Waals surface area (Å²) in [5, 5.41) is 3.05. The lowest BCUT2D eigenvalue weighted by Crippen LogP contribution is -2.30. The van der Waals surface area contributed by atoms with Crippen LogP contribution in [-0.2, 0) is 6.42 Å². The second-order valence-electron chi connectivity index (χ2n) is 7.05. The van der Waals surface area contributed by atoms with Crippen LogP contribution >= 0.6 is 0 Å². The SMILES string of the molecule is NCCCCCc1cc(C(=O)NCC2CCCCC2)ccc1C(N)=O. The lowest BCUT2D eigenvalue weighted by Gasteiger charge is -2.21. The number of carbonyl (C=O) groups excluding carboxylic acids is 2. The summed E-state index contributed by atoms with van der Waals surface area (Å²) in [6.45, 7) is 1.41. The Morgan fingerprint density at radius 1 is 1.08 bits per heavy atom. The lowest BCUT2D eigenvalue weighted by atomic mass is 9.89. The van der Waals surface area contributed by atoms with E-state index in [0.29, 0.717) is 23.6 Å². The minimum Gasteiger partial charge on any atom is -0.366 e. The predicted molar refractivity (Wildman–Crippen MR) is 100 cm³/mol. The number of aryl methyl sites for hydroxylation is 1. The second-order valence-corrected chi connectivity index (χ2v) is 7.05. The first kappa shape index (κ1) is 19.4. The first-order chi connectivity index (χ1) is 12.1. The maximum atomic E-state index is 12.5. The van der Waals surface area contributed by atoms with Crippen LogP contribution in [-0.4, -0.2) is 24.9 Å². The number of hydrogen-bond donors (Lipinski definition) is 3. The van der Waals surface area contributed by atoms with Gasteiger partial charge in [-0.2, -0.15) is 0 Å². The maximum Gasteiger partial charge on any atom is 0.251 e. The van der Waals surface area contributed by atoms with E-state index in [1.807, 2.05) is 6.07 Å². The van der Waals surface area contributed by atoms with Gasteiger partial charge in [0.1, 0.15) is 0 Å². The van der Waals surface area contributed by atoms with Gasteiger partial charge in [0.15, 0.2) is 0 Å². The zero-order valence-corrected chi connectivity index (χ0v) is 15.1. The molecule has 0 spiro atoms. The minimum atomic E-state index is -0.442. The third-order valence-corrected chi connectivity index (χ3v) is 5.06. The summed E-state index contributed by atoms with van der Waals surface area (Å²) in [5.74, 6) is 0.0890. The summed E-state index contributed by atoms with van der Waals surface area (Å²) in [4.78, 5) is 24.1. The minimum absolute atomic E-state index is 0.0650. The molecule has 1 aromatic carbocycles. The zero-order chi connectivity index (χ0) is 18.1. The van der Waals surface area contributed by atoms with Crippen LogP contribution < -0.4 is 16.8 Å². The lowest BCUT2D eigenvalue weighted by molar-refractivity contribution is 0.0941. The molecule has 5 N–H and O–H groups in total. The van der Waals surface area contributed by atoms with Crippen molar-refractivity contribution in [2.45, 2.75) is 57.8 Å². The topological polar surface area (TPSA) is 98.2 Å². The fraction of sp³-hybridized carbons (Fsp3) is 0.600. The van der Waals surface area contributed by atoms with Crippen molar-refractivity contribution < 1.29 is 9.59 Å². The van der Waals surface area contributed by atoms with Crippen molar-refractivity contribution in [1.82, 2.24) is 5.32 Å². The largest absolute Gasteiger partial charge is 0.366 e. The van der Waals surface area contributed by atoms with Crippen LogP contribution in [0.25, 0.3) is 0 Å². The fourth-order valence-corrected chi connectivity index (χ4v) is 3.55. The molecule has 0 aromatic heterocycles. The van der Waals surface area contributed by atoms with Crippen LogP contribution in [0.1, 0.15) is 77.6 Å². The van der Waals surface area contributed by atoms with Gasteiger partial charge in [-0.25, -0.2) is 0 Å². The van der Waals surface area contributed by atoms with Crippen LogP contribution in [0.3, 0.4) is 0 Å². The molecule has 2 rings (SSSR count). The predicted octanol–water partition coefficient (Wildman–Crippen LogP) is 2.77. The number of hydrogen-bond acceptors (Lipinski definition) is 3.